The van der Waals surface area contributed by atoms with Crippen molar-refractivity contribution in [1.29, 1.82) is 0 Å². The van der Waals surface area contributed by atoms with Gasteiger partial charge in [-0.25, -0.2) is 0 Å². The Morgan fingerprint density at radius 1 is 1.57 bits per heavy atom. The molecule has 1 unspecified atom stereocenters. The smallest absolute Gasteiger partial charge is 0.240 e. The summed E-state index contributed by atoms with van der Waals surface area (Å²) in [5, 5.41) is 3.16. The Balaban J connectivity index is 2.57. The maximum atomic E-state index is 11.7. The van der Waals surface area contributed by atoms with Crippen LogP contribution in [0.1, 0.15) is 34.6 Å². The summed E-state index contributed by atoms with van der Waals surface area (Å²) in [6.07, 6.45) is 0. The van der Waals surface area contributed by atoms with Gasteiger partial charge in [-0.15, -0.1) is 0 Å². The van der Waals surface area contributed by atoms with Crippen molar-refractivity contribution in [2.24, 2.45) is 11.3 Å². The molecular formula is C11H22N2O. The molecule has 1 atom stereocenters. The Kier molecular flexibility index (Phi) is 3.20. The second-order valence-electron chi connectivity index (χ2n) is 5.26. The van der Waals surface area contributed by atoms with E-state index < -0.39 is 0 Å². The van der Waals surface area contributed by atoms with E-state index in [0.29, 0.717) is 12.6 Å². The molecule has 1 heterocycles. The monoisotopic (exact) mass is 198 g/mol. The molecule has 1 fully saturated rings. The van der Waals surface area contributed by atoms with Gasteiger partial charge in [0.25, 0.3) is 0 Å². The molecule has 0 saturated carbocycles. The Morgan fingerprint density at radius 2 is 2.14 bits per heavy atom. The highest BCUT2D eigenvalue weighted by molar-refractivity contribution is 5.83. The summed E-state index contributed by atoms with van der Waals surface area (Å²) in [4.78, 5) is 13.6. The van der Waals surface area contributed by atoms with Gasteiger partial charge in [0, 0.05) is 6.54 Å². The first-order chi connectivity index (χ1) is 6.34. The van der Waals surface area contributed by atoms with Crippen LogP contribution in [-0.4, -0.2) is 30.1 Å². The number of carbonyl (C=O) groups is 1. The number of carbonyl (C=O) groups excluding carboxylic acids is 1. The number of hydrogen-bond acceptors (Lipinski definition) is 2. The summed E-state index contributed by atoms with van der Waals surface area (Å²) in [6.45, 7) is 12.3. The van der Waals surface area contributed by atoms with Gasteiger partial charge >= 0.3 is 0 Å². The van der Waals surface area contributed by atoms with Gasteiger partial charge in [-0.1, -0.05) is 27.7 Å². The zero-order valence-electron chi connectivity index (χ0n) is 9.92. The molecule has 1 amide bonds. The van der Waals surface area contributed by atoms with Crippen molar-refractivity contribution in [2.75, 3.05) is 13.2 Å². The summed E-state index contributed by atoms with van der Waals surface area (Å²) >= 11 is 0. The van der Waals surface area contributed by atoms with Crippen molar-refractivity contribution in [3.8, 4) is 0 Å². The predicted octanol–water partition coefficient (Wildman–Crippen LogP) is 1.45. The molecule has 0 aromatic rings. The lowest BCUT2D eigenvalue weighted by atomic mass is 9.81. The van der Waals surface area contributed by atoms with Crippen LogP contribution < -0.4 is 5.32 Å². The third kappa shape index (κ3) is 2.27. The maximum Gasteiger partial charge on any atom is 0.240 e. The highest BCUT2D eigenvalue weighted by Crippen LogP contribution is 2.27. The third-order valence-electron chi connectivity index (χ3n) is 3.43. The van der Waals surface area contributed by atoms with Gasteiger partial charge in [0.1, 0.15) is 0 Å². The molecule has 0 aliphatic carbocycles. The third-order valence-corrected chi connectivity index (χ3v) is 3.43. The lowest BCUT2D eigenvalue weighted by Crippen LogP contribution is -2.39. The standard InChI is InChI=1S/C11H22N2O/c1-8(2)11(4,5)6-13-7-12-9(3)10(13)14/h8-9,12H,6-7H2,1-5H3. The molecule has 0 radical (unpaired) electrons. The fourth-order valence-electron chi connectivity index (χ4n) is 1.49. The van der Waals surface area contributed by atoms with Crippen LogP contribution in [0.15, 0.2) is 0 Å². The highest BCUT2D eigenvalue weighted by atomic mass is 16.2. The van der Waals surface area contributed by atoms with Crippen molar-refractivity contribution < 1.29 is 4.79 Å². The van der Waals surface area contributed by atoms with E-state index >= 15 is 0 Å². The maximum absolute atomic E-state index is 11.7. The minimum Gasteiger partial charge on any atom is -0.328 e. The summed E-state index contributed by atoms with van der Waals surface area (Å²) in [5.41, 5.74) is 0.196. The average Bonchev–Trinajstić information content (AvgIpc) is 2.35. The summed E-state index contributed by atoms with van der Waals surface area (Å²) in [7, 11) is 0. The Morgan fingerprint density at radius 3 is 2.50 bits per heavy atom. The summed E-state index contributed by atoms with van der Waals surface area (Å²) in [5.74, 6) is 0.824. The molecule has 3 nitrogen and oxygen atoms in total. The lowest BCUT2D eigenvalue weighted by Gasteiger charge is -2.33. The second kappa shape index (κ2) is 3.89. The Labute approximate surface area is 86.9 Å². The number of rotatable bonds is 3. The van der Waals surface area contributed by atoms with Crippen LogP contribution in [0.3, 0.4) is 0 Å². The minimum absolute atomic E-state index is 0.00189. The van der Waals surface area contributed by atoms with E-state index in [9.17, 15) is 4.79 Å². The van der Waals surface area contributed by atoms with Crippen LogP contribution >= 0.6 is 0 Å². The molecule has 14 heavy (non-hydrogen) atoms. The van der Waals surface area contributed by atoms with Crippen molar-refractivity contribution in [3.63, 3.8) is 0 Å². The number of nitrogens with one attached hydrogen (secondary N) is 1. The van der Waals surface area contributed by atoms with E-state index in [1.54, 1.807) is 0 Å². The molecule has 0 spiro atoms. The van der Waals surface area contributed by atoms with Gasteiger partial charge in [-0.05, 0) is 18.3 Å². The first-order valence-corrected chi connectivity index (χ1v) is 5.37. The van der Waals surface area contributed by atoms with Crippen molar-refractivity contribution in [3.05, 3.63) is 0 Å². The molecule has 1 saturated heterocycles. The summed E-state index contributed by atoms with van der Waals surface area (Å²) in [6, 6.07) is -0.00189. The molecule has 0 bridgehead atoms. The topological polar surface area (TPSA) is 32.3 Å². The largest absolute Gasteiger partial charge is 0.328 e. The molecule has 1 aliphatic rings. The molecule has 1 aliphatic heterocycles. The number of nitrogens with zero attached hydrogens (tertiary/aromatic N) is 1. The Hall–Kier alpha value is -0.570. The van der Waals surface area contributed by atoms with Crippen LogP contribution in [0.5, 0.6) is 0 Å². The van der Waals surface area contributed by atoms with Crippen molar-refractivity contribution in [1.82, 2.24) is 10.2 Å². The molecule has 0 aromatic heterocycles. The first kappa shape index (κ1) is 11.5. The predicted molar refractivity (Wildman–Crippen MR) is 57.8 cm³/mol. The normalized spacial score (nSPS) is 23.7. The van der Waals surface area contributed by atoms with Gasteiger partial charge in [0.2, 0.25) is 5.91 Å². The van der Waals surface area contributed by atoms with Gasteiger partial charge in [-0.2, -0.15) is 0 Å². The quantitative estimate of drug-likeness (QED) is 0.744. The first-order valence-electron chi connectivity index (χ1n) is 5.37. The lowest BCUT2D eigenvalue weighted by molar-refractivity contribution is -0.130. The minimum atomic E-state index is -0.00189. The molecule has 0 aromatic carbocycles. The average molecular weight is 198 g/mol. The zero-order chi connectivity index (χ0) is 10.9. The number of amides is 1. The van der Waals surface area contributed by atoms with Gasteiger partial charge in [0.05, 0.1) is 12.7 Å². The fourth-order valence-corrected chi connectivity index (χ4v) is 1.49. The molecular weight excluding hydrogens is 176 g/mol. The fraction of sp³-hybridized carbons (Fsp3) is 0.909. The van der Waals surface area contributed by atoms with Gasteiger partial charge < -0.3 is 4.90 Å². The van der Waals surface area contributed by atoms with E-state index in [1.165, 1.54) is 0 Å². The van der Waals surface area contributed by atoms with Gasteiger partial charge in [0.15, 0.2) is 0 Å². The molecule has 1 rings (SSSR count). The van der Waals surface area contributed by atoms with E-state index in [2.05, 4.69) is 33.0 Å². The van der Waals surface area contributed by atoms with Crippen LogP contribution in [0.25, 0.3) is 0 Å². The van der Waals surface area contributed by atoms with E-state index in [1.807, 2.05) is 11.8 Å². The van der Waals surface area contributed by atoms with Crippen LogP contribution in [0.4, 0.5) is 0 Å². The molecule has 3 heteroatoms. The zero-order valence-corrected chi connectivity index (χ0v) is 9.92. The van der Waals surface area contributed by atoms with Crippen molar-refractivity contribution >= 4 is 5.91 Å². The van der Waals surface area contributed by atoms with Crippen LogP contribution in [-0.2, 0) is 4.79 Å². The molecule has 1 N–H and O–H groups in total. The van der Waals surface area contributed by atoms with Gasteiger partial charge in [-0.3, -0.25) is 10.1 Å². The van der Waals surface area contributed by atoms with E-state index in [4.69, 9.17) is 0 Å². The molecule has 82 valence electrons. The van der Waals surface area contributed by atoms with Crippen LogP contribution in [0, 0.1) is 11.3 Å². The highest BCUT2D eigenvalue weighted by Gasteiger charge is 2.33. The second-order valence-corrected chi connectivity index (χ2v) is 5.26. The van der Waals surface area contributed by atoms with E-state index in [0.717, 1.165) is 6.54 Å². The van der Waals surface area contributed by atoms with Crippen molar-refractivity contribution in [2.45, 2.75) is 40.7 Å². The van der Waals surface area contributed by atoms with E-state index in [-0.39, 0.29) is 17.4 Å². The SMILES string of the molecule is CC1NCN(CC(C)(C)C(C)C)C1=O. The van der Waals surface area contributed by atoms with Crippen LogP contribution in [0.2, 0.25) is 0 Å². The summed E-state index contributed by atoms with van der Waals surface area (Å²) < 4.78 is 0. The number of hydrogen-bond donors (Lipinski definition) is 1. The Bertz CT molecular complexity index is 223.